The first kappa shape index (κ1) is 38.7. The Morgan fingerprint density at radius 3 is 1.36 bits per heavy atom. The van der Waals surface area contributed by atoms with Gasteiger partial charge in [-0.25, -0.2) is 0 Å². The summed E-state index contributed by atoms with van der Waals surface area (Å²) in [7, 11) is -2.11. The minimum atomic E-state index is -2.11. The van der Waals surface area contributed by atoms with Crippen molar-refractivity contribution >= 4 is 14.3 Å². The molecule has 0 spiro atoms. The smallest absolute Gasteiger partial charge is 0.300 e. The van der Waals surface area contributed by atoms with Crippen LogP contribution in [-0.4, -0.2) is 19.4 Å². The third-order valence-corrected chi connectivity index (χ3v) is 10.0. The molecule has 0 aromatic heterocycles. The van der Waals surface area contributed by atoms with E-state index < -0.39 is 13.7 Å². The van der Waals surface area contributed by atoms with Crippen LogP contribution in [0.1, 0.15) is 169 Å². The summed E-state index contributed by atoms with van der Waals surface area (Å²) in [4.78, 5) is 14.4. The molecule has 4 heteroatoms. The van der Waals surface area contributed by atoms with Crippen LogP contribution >= 0.6 is 0 Å². The van der Waals surface area contributed by atoms with Gasteiger partial charge < -0.3 is 9.53 Å². The summed E-state index contributed by atoms with van der Waals surface area (Å²) in [6, 6.07) is 7.60. The standard InChI is InChI=1S/C38H70O3Si/c1-11-12-13-14-15-16-17-18-19-20-21-22-23-24-25-26-27-34(32-28-30-33(39)31-29-32)38(36(2,3)4,37(5,6)7)35(40)41-42(8,9)10/h28-31,34,39H,11-27H2,1-10H3. The molecule has 0 heterocycles. The number of rotatable bonds is 21. The molecule has 1 N–H and O–H groups in total. The third-order valence-electron chi connectivity index (χ3n) is 9.25. The topological polar surface area (TPSA) is 46.5 Å². The predicted molar refractivity (Wildman–Crippen MR) is 186 cm³/mol. The van der Waals surface area contributed by atoms with Gasteiger partial charge in [-0.2, -0.15) is 0 Å². The minimum absolute atomic E-state index is 0.00796. The van der Waals surface area contributed by atoms with Gasteiger partial charge in [-0.1, -0.05) is 163 Å². The summed E-state index contributed by atoms with van der Waals surface area (Å²) in [6.45, 7) is 21.9. The molecule has 0 fully saturated rings. The Kier molecular flexibility index (Phi) is 17.1. The molecule has 0 amide bonds. The van der Waals surface area contributed by atoms with Gasteiger partial charge in [0.15, 0.2) is 0 Å². The fourth-order valence-corrected chi connectivity index (χ4v) is 8.24. The Morgan fingerprint density at radius 1 is 0.667 bits per heavy atom. The van der Waals surface area contributed by atoms with Crippen molar-refractivity contribution < 1.29 is 14.3 Å². The molecular formula is C38H70O3Si. The third kappa shape index (κ3) is 12.7. The number of phenolic OH excluding ortho intramolecular Hbond substituents is 1. The predicted octanol–water partition coefficient (Wildman–Crippen LogP) is 12.6. The number of carbonyl (C=O) groups is 1. The lowest BCUT2D eigenvalue weighted by molar-refractivity contribution is -0.171. The van der Waals surface area contributed by atoms with Gasteiger partial charge in [0.1, 0.15) is 5.75 Å². The van der Waals surface area contributed by atoms with Crippen LogP contribution in [0.5, 0.6) is 5.75 Å². The van der Waals surface area contributed by atoms with E-state index in [0.29, 0.717) is 0 Å². The van der Waals surface area contributed by atoms with Crippen LogP contribution in [0.15, 0.2) is 24.3 Å². The second-order valence-corrected chi connectivity index (χ2v) is 20.5. The number of carbonyl (C=O) groups excluding carboxylic acids is 1. The SMILES string of the molecule is CCCCCCCCCCCCCCCCCCC(c1ccc(O)cc1)C(C(=O)O[Si](C)(C)C)(C(C)(C)C)C(C)(C)C. The molecule has 42 heavy (non-hydrogen) atoms. The summed E-state index contributed by atoms with van der Waals surface area (Å²) >= 11 is 0. The molecule has 0 saturated heterocycles. The van der Waals surface area contributed by atoms with Crippen LogP contribution in [0.4, 0.5) is 0 Å². The summed E-state index contributed by atoms with van der Waals surface area (Å²) in [5, 5.41) is 10.1. The quantitative estimate of drug-likeness (QED) is 0.112. The number of unbranched alkanes of at least 4 members (excludes halogenated alkanes) is 15. The van der Waals surface area contributed by atoms with Crippen molar-refractivity contribution in [3.63, 3.8) is 0 Å². The van der Waals surface area contributed by atoms with E-state index in [0.717, 1.165) is 18.4 Å². The van der Waals surface area contributed by atoms with E-state index in [-0.39, 0.29) is 28.5 Å². The van der Waals surface area contributed by atoms with E-state index in [4.69, 9.17) is 4.43 Å². The van der Waals surface area contributed by atoms with Crippen molar-refractivity contribution in [3.8, 4) is 5.75 Å². The lowest BCUT2D eigenvalue weighted by atomic mass is 9.47. The maximum absolute atomic E-state index is 14.4. The number of hydrogen-bond donors (Lipinski definition) is 1. The maximum atomic E-state index is 14.4. The fourth-order valence-electron chi connectivity index (χ4n) is 7.52. The summed E-state index contributed by atoms with van der Waals surface area (Å²) in [6.07, 6.45) is 22.6. The summed E-state index contributed by atoms with van der Waals surface area (Å²) in [5.74, 6) is 0.228. The zero-order chi connectivity index (χ0) is 31.9. The van der Waals surface area contributed by atoms with E-state index in [1.807, 2.05) is 12.1 Å². The lowest BCUT2D eigenvalue weighted by Crippen LogP contribution is -2.58. The highest BCUT2D eigenvalue weighted by Crippen LogP contribution is 2.62. The maximum Gasteiger partial charge on any atom is 0.300 e. The molecule has 0 saturated carbocycles. The van der Waals surface area contributed by atoms with E-state index in [2.05, 4.69) is 68.1 Å². The molecule has 1 atom stereocenters. The van der Waals surface area contributed by atoms with Crippen molar-refractivity contribution in [2.45, 2.75) is 183 Å². The number of phenols is 1. The fraction of sp³-hybridized carbons (Fsp3) is 0.816. The van der Waals surface area contributed by atoms with Gasteiger partial charge in [-0.15, -0.1) is 0 Å². The summed E-state index contributed by atoms with van der Waals surface area (Å²) in [5.41, 5.74) is -0.225. The highest BCUT2D eigenvalue weighted by molar-refractivity contribution is 6.71. The number of aromatic hydroxyl groups is 1. The molecule has 0 radical (unpaired) electrons. The number of benzene rings is 1. The van der Waals surface area contributed by atoms with Crippen LogP contribution in [0.3, 0.4) is 0 Å². The highest BCUT2D eigenvalue weighted by Gasteiger charge is 2.62. The van der Waals surface area contributed by atoms with Crippen molar-refractivity contribution in [3.05, 3.63) is 29.8 Å². The van der Waals surface area contributed by atoms with Crippen LogP contribution in [0.25, 0.3) is 0 Å². The molecule has 0 aliphatic carbocycles. The van der Waals surface area contributed by atoms with Gasteiger partial charge in [0.2, 0.25) is 8.32 Å². The van der Waals surface area contributed by atoms with Gasteiger partial charge in [-0.05, 0) is 54.6 Å². The Labute approximate surface area is 263 Å². The zero-order valence-electron chi connectivity index (χ0n) is 29.7. The Hall–Kier alpha value is -1.29. The average Bonchev–Trinajstić information content (AvgIpc) is 2.85. The molecule has 1 unspecified atom stereocenters. The van der Waals surface area contributed by atoms with Crippen molar-refractivity contribution in [1.82, 2.24) is 0 Å². The first-order valence-electron chi connectivity index (χ1n) is 17.6. The molecule has 1 aromatic rings. The Balaban J connectivity index is 2.77. The second kappa shape index (κ2) is 18.5. The summed E-state index contributed by atoms with van der Waals surface area (Å²) < 4.78 is 6.37. The van der Waals surface area contributed by atoms with E-state index in [9.17, 15) is 9.90 Å². The molecule has 0 bridgehead atoms. The highest BCUT2D eigenvalue weighted by atomic mass is 28.4. The van der Waals surface area contributed by atoms with E-state index in [1.165, 1.54) is 96.3 Å². The normalized spacial score (nSPS) is 13.8. The van der Waals surface area contributed by atoms with Crippen LogP contribution < -0.4 is 0 Å². The van der Waals surface area contributed by atoms with Crippen LogP contribution in [-0.2, 0) is 9.22 Å². The van der Waals surface area contributed by atoms with E-state index >= 15 is 0 Å². The molecule has 1 aromatic carbocycles. The Bertz CT molecular complexity index is 840. The largest absolute Gasteiger partial charge is 0.519 e. The van der Waals surface area contributed by atoms with Gasteiger partial charge in [0.05, 0.1) is 5.41 Å². The van der Waals surface area contributed by atoms with Gasteiger partial charge in [0.25, 0.3) is 5.97 Å². The van der Waals surface area contributed by atoms with Gasteiger partial charge >= 0.3 is 0 Å². The average molecular weight is 603 g/mol. The monoisotopic (exact) mass is 603 g/mol. The molecule has 1 rings (SSSR count). The van der Waals surface area contributed by atoms with E-state index in [1.54, 1.807) is 12.1 Å². The molecule has 3 nitrogen and oxygen atoms in total. The Morgan fingerprint density at radius 2 is 1.02 bits per heavy atom. The van der Waals surface area contributed by atoms with Crippen LogP contribution in [0.2, 0.25) is 19.6 Å². The van der Waals surface area contributed by atoms with Crippen LogP contribution in [0, 0.1) is 16.2 Å². The zero-order valence-corrected chi connectivity index (χ0v) is 30.7. The van der Waals surface area contributed by atoms with Crippen molar-refractivity contribution in [2.75, 3.05) is 0 Å². The first-order valence-corrected chi connectivity index (χ1v) is 21.0. The second-order valence-electron chi connectivity index (χ2n) is 16.0. The minimum Gasteiger partial charge on any atom is -0.519 e. The van der Waals surface area contributed by atoms with Gasteiger partial charge in [0, 0.05) is 5.92 Å². The molecular weight excluding hydrogens is 533 g/mol. The molecule has 244 valence electrons. The van der Waals surface area contributed by atoms with Gasteiger partial charge in [-0.3, -0.25) is 4.79 Å². The van der Waals surface area contributed by atoms with Crippen molar-refractivity contribution in [1.29, 1.82) is 0 Å². The first-order chi connectivity index (χ1) is 19.6. The molecule has 0 aliphatic heterocycles. The van der Waals surface area contributed by atoms with Crippen molar-refractivity contribution in [2.24, 2.45) is 16.2 Å². The lowest BCUT2D eigenvalue weighted by Gasteiger charge is -2.56. The number of hydrogen-bond acceptors (Lipinski definition) is 3. The molecule has 0 aliphatic rings.